The standard InChI is InChI=1S/C6H10BrNO4/c1-12-6(11)4(9)3-8-5(10)2-7/h4,9H,2-3H2,1H3,(H,8,10). The van der Waals surface area contributed by atoms with Crippen LogP contribution in [0.4, 0.5) is 0 Å². The molecule has 0 saturated heterocycles. The van der Waals surface area contributed by atoms with Gasteiger partial charge in [-0.2, -0.15) is 0 Å². The van der Waals surface area contributed by atoms with Gasteiger partial charge < -0.3 is 15.2 Å². The lowest BCUT2D eigenvalue weighted by atomic mass is 10.3. The summed E-state index contributed by atoms with van der Waals surface area (Å²) in [4.78, 5) is 21.2. The molecule has 6 heteroatoms. The summed E-state index contributed by atoms with van der Waals surface area (Å²) in [6.45, 7) is -0.128. The van der Waals surface area contributed by atoms with Crippen molar-refractivity contribution in [2.24, 2.45) is 0 Å². The molecule has 0 aromatic carbocycles. The normalized spacial score (nSPS) is 11.9. The maximum absolute atomic E-state index is 10.6. The summed E-state index contributed by atoms with van der Waals surface area (Å²) in [5.74, 6) is -1.05. The van der Waals surface area contributed by atoms with Crippen LogP contribution in [-0.2, 0) is 14.3 Å². The Bertz CT molecular complexity index is 173. The van der Waals surface area contributed by atoms with Crippen LogP contribution in [0.5, 0.6) is 0 Å². The van der Waals surface area contributed by atoms with Crippen molar-refractivity contribution in [3.05, 3.63) is 0 Å². The molecule has 2 N–H and O–H groups in total. The van der Waals surface area contributed by atoms with Gasteiger partial charge in [0.25, 0.3) is 0 Å². The summed E-state index contributed by atoms with van der Waals surface area (Å²) in [7, 11) is 1.16. The van der Waals surface area contributed by atoms with Crippen LogP contribution < -0.4 is 5.32 Å². The van der Waals surface area contributed by atoms with E-state index in [1.54, 1.807) is 0 Å². The number of aliphatic hydroxyl groups excluding tert-OH is 1. The fourth-order valence-electron chi connectivity index (χ4n) is 0.477. The van der Waals surface area contributed by atoms with Crippen LogP contribution in [0.15, 0.2) is 0 Å². The molecule has 12 heavy (non-hydrogen) atoms. The minimum atomic E-state index is -1.29. The summed E-state index contributed by atoms with van der Waals surface area (Å²) in [6, 6.07) is 0. The summed E-state index contributed by atoms with van der Waals surface area (Å²) in [5, 5.41) is 11.4. The first kappa shape index (κ1) is 11.4. The Morgan fingerprint density at radius 1 is 1.67 bits per heavy atom. The summed E-state index contributed by atoms with van der Waals surface area (Å²) < 4.78 is 4.23. The van der Waals surface area contributed by atoms with Crippen molar-refractivity contribution in [3.8, 4) is 0 Å². The average molecular weight is 240 g/mol. The maximum Gasteiger partial charge on any atom is 0.336 e. The highest BCUT2D eigenvalue weighted by Gasteiger charge is 2.15. The molecule has 0 radical (unpaired) electrons. The number of methoxy groups -OCH3 is 1. The molecule has 0 spiro atoms. The SMILES string of the molecule is COC(=O)C(O)CNC(=O)CBr. The van der Waals surface area contributed by atoms with Gasteiger partial charge in [0.05, 0.1) is 19.0 Å². The lowest BCUT2D eigenvalue weighted by Gasteiger charge is -2.08. The monoisotopic (exact) mass is 239 g/mol. The number of halogens is 1. The average Bonchev–Trinajstić information content (AvgIpc) is 2.11. The second-order valence-corrected chi connectivity index (χ2v) is 2.54. The maximum atomic E-state index is 10.6. The lowest BCUT2D eigenvalue weighted by molar-refractivity contribution is -0.150. The Labute approximate surface area is 78.2 Å². The van der Waals surface area contributed by atoms with Crippen molar-refractivity contribution in [2.45, 2.75) is 6.10 Å². The van der Waals surface area contributed by atoms with Crippen LogP contribution in [0.1, 0.15) is 0 Å². The number of amides is 1. The first-order chi connectivity index (χ1) is 5.61. The van der Waals surface area contributed by atoms with Gasteiger partial charge in [0.2, 0.25) is 5.91 Å². The third-order valence-corrected chi connectivity index (χ3v) is 1.60. The minimum Gasteiger partial charge on any atom is -0.467 e. The van der Waals surface area contributed by atoms with E-state index in [-0.39, 0.29) is 17.8 Å². The molecule has 1 unspecified atom stereocenters. The molecule has 1 atom stereocenters. The minimum absolute atomic E-state index is 0.128. The number of rotatable bonds is 4. The number of carbonyl (C=O) groups excluding carboxylic acids is 2. The van der Waals surface area contributed by atoms with Gasteiger partial charge in [-0.05, 0) is 0 Å². The predicted molar refractivity (Wildman–Crippen MR) is 44.8 cm³/mol. The van der Waals surface area contributed by atoms with Gasteiger partial charge in [-0.1, -0.05) is 15.9 Å². The van der Waals surface area contributed by atoms with Crippen molar-refractivity contribution < 1.29 is 19.4 Å². The topological polar surface area (TPSA) is 75.6 Å². The molecular formula is C6H10BrNO4. The number of ether oxygens (including phenoxy) is 1. The Balaban J connectivity index is 3.63. The van der Waals surface area contributed by atoms with E-state index in [1.165, 1.54) is 0 Å². The molecule has 0 aromatic heterocycles. The van der Waals surface area contributed by atoms with Crippen molar-refractivity contribution in [2.75, 3.05) is 19.0 Å². The van der Waals surface area contributed by atoms with Crippen LogP contribution in [-0.4, -0.2) is 42.1 Å². The molecule has 0 aliphatic rings. The Kier molecular flexibility index (Phi) is 5.65. The zero-order valence-electron chi connectivity index (χ0n) is 6.54. The van der Waals surface area contributed by atoms with Crippen LogP contribution in [0.3, 0.4) is 0 Å². The van der Waals surface area contributed by atoms with Gasteiger partial charge in [0, 0.05) is 0 Å². The largest absolute Gasteiger partial charge is 0.467 e. The zero-order chi connectivity index (χ0) is 9.56. The molecule has 0 saturated carbocycles. The zero-order valence-corrected chi connectivity index (χ0v) is 8.13. The quantitative estimate of drug-likeness (QED) is 0.489. The Morgan fingerprint density at radius 2 is 2.25 bits per heavy atom. The van der Waals surface area contributed by atoms with E-state index >= 15 is 0 Å². The van der Waals surface area contributed by atoms with Crippen LogP contribution in [0.2, 0.25) is 0 Å². The van der Waals surface area contributed by atoms with Gasteiger partial charge in [-0.25, -0.2) is 4.79 Å². The highest BCUT2D eigenvalue weighted by Crippen LogP contribution is 1.85. The Hall–Kier alpha value is -0.620. The van der Waals surface area contributed by atoms with Gasteiger partial charge in [0.15, 0.2) is 6.10 Å². The molecule has 0 aliphatic heterocycles. The molecule has 5 nitrogen and oxygen atoms in total. The number of alkyl halides is 1. The molecular weight excluding hydrogens is 230 g/mol. The highest BCUT2D eigenvalue weighted by atomic mass is 79.9. The molecule has 0 aliphatic carbocycles. The molecule has 1 amide bonds. The molecule has 70 valence electrons. The third kappa shape index (κ3) is 4.30. The number of hydrogen-bond acceptors (Lipinski definition) is 4. The number of esters is 1. The third-order valence-electron chi connectivity index (χ3n) is 1.09. The highest BCUT2D eigenvalue weighted by molar-refractivity contribution is 9.09. The second kappa shape index (κ2) is 5.96. The summed E-state index contributed by atoms with van der Waals surface area (Å²) in [5.41, 5.74) is 0. The molecule has 0 fully saturated rings. The smallest absolute Gasteiger partial charge is 0.336 e. The fourth-order valence-corrected chi connectivity index (χ4v) is 0.675. The number of hydrogen-bond donors (Lipinski definition) is 2. The number of nitrogens with one attached hydrogen (secondary N) is 1. The van der Waals surface area contributed by atoms with E-state index < -0.39 is 12.1 Å². The van der Waals surface area contributed by atoms with Gasteiger partial charge in [-0.3, -0.25) is 4.79 Å². The number of aliphatic hydroxyl groups is 1. The second-order valence-electron chi connectivity index (χ2n) is 1.98. The molecule has 0 heterocycles. The summed E-state index contributed by atoms with van der Waals surface area (Å²) in [6.07, 6.45) is -1.29. The predicted octanol–water partition coefficient (Wildman–Crippen LogP) is -0.969. The fraction of sp³-hybridized carbons (Fsp3) is 0.667. The summed E-state index contributed by atoms with van der Waals surface area (Å²) >= 11 is 2.91. The molecule has 0 rings (SSSR count). The van der Waals surface area contributed by atoms with Crippen LogP contribution >= 0.6 is 15.9 Å². The molecule has 0 aromatic rings. The van der Waals surface area contributed by atoms with E-state index in [0.717, 1.165) is 7.11 Å². The van der Waals surface area contributed by atoms with E-state index in [9.17, 15) is 9.59 Å². The van der Waals surface area contributed by atoms with Crippen LogP contribution in [0.25, 0.3) is 0 Å². The van der Waals surface area contributed by atoms with Gasteiger partial charge >= 0.3 is 5.97 Å². The Morgan fingerprint density at radius 3 is 2.67 bits per heavy atom. The van der Waals surface area contributed by atoms with Gasteiger partial charge in [0.1, 0.15) is 0 Å². The molecule has 0 bridgehead atoms. The van der Waals surface area contributed by atoms with Crippen molar-refractivity contribution in [1.29, 1.82) is 0 Å². The van der Waals surface area contributed by atoms with Crippen molar-refractivity contribution >= 4 is 27.8 Å². The van der Waals surface area contributed by atoms with Crippen molar-refractivity contribution in [1.82, 2.24) is 5.32 Å². The van der Waals surface area contributed by atoms with Crippen LogP contribution in [0, 0.1) is 0 Å². The van der Waals surface area contributed by atoms with E-state index in [1.807, 2.05) is 0 Å². The van der Waals surface area contributed by atoms with E-state index in [2.05, 4.69) is 26.0 Å². The first-order valence-electron chi connectivity index (χ1n) is 3.20. The lowest BCUT2D eigenvalue weighted by Crippen LogP contribution is -2.37. The van der Waals surface area contributed by atoms with Gasteiger partial charge in [-0.15, -0.1) is 0 Å². The first-order valence-corrected chi connectivity index (χ1v) is 4.32. The van der Waals surface area contributed by atoms with Crippen molar-refractivity contribution in [3.63, 3.8) is 0 Å². The van der Waals surface area contributed by atoms with E-state index in [0.29, 0.717) is 0 Å². The number of carbonyl (C=O) groups is 2. The van der Waals surface area contributed by atoms with E-state index in [4.69, 9.17) is 5.11 Å².